The Hall–Kier alpha value is -1.02. The molecule has 0 spiro atoms. The largest absolute Gasteiger partial charge is 0.472 e. The molecule has 0 fully saturated rings. The Morgan fingerprint density at radius 1 is 0.652 bits per heavy atom. The van der Waals surface area contributed by atoms with Gasteiger partial charge in [0.25, 0.3) is 0 Å². The lowest BCUT2D eigenvalue weighted by molar-refractivity contribution is -0.154. The number of ether oxygens (including phenoxy) is 2. The molecule has 0 amide bonds. The van der Waals surface area contributed by atoms with E-state index in [2.05, 4.69) is 38.2 Å². The molecular formula is C37H72NO7P. The van der Waals surface area contributed by atoms with Crippen molar-refractivity contribution in [1.82, 2.24) is 0 Å². The average Bonchev–Trinajstić information content (AvgIpc) is 3.04. The number of hydrogen-bond donors (Lipinski definition) is 2. The minimum atomic E-state index is -4.27. The molecule has 0 aromatic heterocycles. The van der Waals surface area contributed by atoms with Gasteiger partial charge in [-0.2, -0.15) is 0 Å². The van der Waals surface area contributed by atoms with Crippen LogP contribution in [0, 0.1) is 0 Å². The van der Waals surface area contributed by atoms with Crippen LogP contribution < -0.4 is 5.73 Å². The lowest BCUT2D eigenvalue weighted by Gasteiger charge is -2.20. The summed E-state index contributed by atoms with van der Waals surface area (Å²) in [5.74, 6) is -0.335. The molecular weight excluding hydrogens is 601 g/mol. The Balaban J connectivity index is 4.10. The Kier molecular flexibility index (Phi) is 34.5. The van der Waals surface area contributed by atoms with Crippen molar-refractivity contribution < 1.29 is 32.8 Å². The first-order chi connectivity index (χ1) is 22.4. The van der Waals surface area contributed by atoms with Crippen molar-refractivity contribution in [1.29, 1.82) is 0 Å². The number of carbonyl (C=O) groups excluding carboxylic acids is 1. The maximum Gasteiger partial charge on any atom is 0.472 e. The number of allylic oxidation sites excluding steroid dienone is 4. The zero-order chi connectivity index (χ0) is 33.8. The van der Waals surface area contributed by atoms with Crippen molar-refractivity contribution in [2.75, 3.05) is 33.0 Å². The summed E-state index contributed by atoms with van der Waals surface area (Å²) in [6.07, 6.45) is 36.1. The van der Waals surface area contributed by atoms with Gasteiger partial charge in [0.1, 0.15) is 6.10 Å². The summed E-state index contributed by atoms with van der Waals surface area (Å²) in [6, 6.07) is 0. The first-order valence-electron chi connectivity index (χ1n) is 18.8. The molecule has 0 saturated heterocycles. The van der Waals surface area contributed by atoms with E-state index in [4.69, 9.17) is 24.3 Å². The van der Waals surface area contributed by atoms with Crippen molar-refractivity contribution in [3.05, 3.63) is 24.3 Å². The van der Waals surface area contributed by atoms with E-state index in [9.17, 15) is 14.3 Å². The van der Waals surface area contributed by atoms with Crippen LogP contribution in [0.15, 0.2) is 24.3 Å². The van der Waals surface area contributed by atoms with Crippen LogP contribution in [-0.4, -0.2) is 49.9 Å². The molecule has 0 aliphatic rings. The highest BCUT2D eigenvalue weighted by atomic mass is 31.2. The molecule has 46 heavy (non-hydrogen) atoms. The van der Waals surface area contributed by atoms with E-state index < -0.39 is 13.9 Å². The Morgan fingerprint density at radius 2 is 1.20 bits per heavy atom. The van der Waals surface area contributed by atoms with E-state index in [1.165, 1.54) is 103 Å². The lowest BCUT2D eigenvalue weighted by atomic mass is 10.0. The fourth-order valence-electron chi connectivity index (χ4n) is 5.09. The molecule has 0 aromatic rings. The molecule has 0 aliphatic heterocycles. The summed E-state index contributed by atoms with van der Waals surface area (Å²) >= 11 is 0. The molecule has 3 N–H and O–H groups in total. The van der Waals surface area contributed by atoms with Crippen LogP contribution in [0.4, 0.5) is 0 Å². The first kappa shape index (κ1) is 45.0. The minimum absolute atomic E-state index is 0.0960. The van der Waals surface area contributed by atoms with Crippen molar-refractivity contribution in [3.8, 4) is 0 Å². The second-order valence-electron chi connectivity index (χ2n) is 12.4. The fourth-order valence-corrected chi connectivity index (χ4v) is 5.86. The van der Waals surface area contributed by atoms with E-state index in [1.54, 1.807) is 0 Å². The molecule has 272 valence electrons. The summed E-state index contributed by atoms with van der Waals surface area (Å²) < 4.78 is 33.3. The standard InChI is InChI=1S/C37H72NO7P/c1-3-5-7-9-11-13-15-17-19-21-23-25-27-29-32-42-34-36(35-44-46(40,41)43-33-31-38)45-37(39)30-28-26-24-22-20-18-16-14-12-10-8-6-4-2/h7,9,13,15,36H,3-6,8,10-12,14,16-35,38H2,1-2H3,(H,40,41)/b9-7-,15-13-. The SMILES string of the molecule is CCC/C=C\C/C=C\CCCCCCCCOCC(COP(=O)(O)OCCN)OC(=O)CCCCCCCCCCCCCCC. The summed E-state index contributed by atoms with van der Waals surface area (Å²) in [5, 5.41) is 0. The molecule has 0 radical (unpaired) electrons. The van der Waals surface area contributed by atoms with Gasteiger partial charge in [0.2, 0.25) is 0 Å². The van der Waals surface area contributed by atoms with Gasteiger partial charge in [0, 0.05) is 19.6 Å². The van der Waals surface area contributed by atoms with Gasteiger partial charge in [-0.1, -0.05) is 147 Å². The zero-order valence-electron chi connectivity index (χ0n) is 29.8. The molecule has 0 rings (SSSR count). The second kappa shape index (κ2) is 35.3. The highest BCUT2D eigenvalue weighted by Crippen LogP contribution is 2.43. The number of nitrogens with two attached hydrogens (primary N) is 1. The van der Waals surface area contributed by atoms with E-state index in [0.717, 1.165) is 44.9 Å². The van der Waals surface area contributed by atoms with Crippen LogP contribution in [0.1, 0.15) is 168 Å². The monoisotopic (exact) mass is 674 g/mol. The summed E-state index contributed by atoms with van der Waals surface area (Å²) in [6.45, 7) is 4.84. The highest BCUT2D eigenvalue weighted by molar-refractivity contribution is 7.47. The summed E-state index contributed by atoms with van der Waals surface area (Å²) in [7, 11) is -4.27. The van der Waals surface area contributed by atoms with Gasteiger partial charge in [-0.15, -0.1) is 0 Å². The number of unbranched alkanes of at least 4 members (excludes halogenated alkanes) is 19. The smallest absolute Gasteiger partial charge is 0.457 e. The molecule has 8 nitrogen and oxygen atoms in total. The van der Waals surface area contributed by atoms with Crippen molar-refractivity contribution in [3.63, 3.8) is 0 Å². The Bertz CT molecular complexity index is 762. The van der Waals surface area contributed by atoms with Crippen LogP contribution in [0.2, 0.25) is 0 Å². The third-order valence-electron chi connectivity index (χ3n) is 7.85. The third kappa shape index (κ3) is 34.3. The molecule has 9 heteroatoms. The minimum Gasteiger partial charge on any atom is -0.457 e. The topological polar surface area (TPSA) is 117 Å². The van der Waals surface area contributed by atoms with Crippen molar-refractivity contribution >= 4 is 13.8 Å². The molecule has 0 saturated carbocycles. The van der Waals surface area contributed by atoms with Crippen LogP contribution in [0.25, 0.3) is 0 Å². The van der Waals surface area contributed by atoms with E-state index in [-0.39, 0.29) is 32.3 Å². The number of carbonyl (C=O) groups is 1. The lowest BCUT2D eigenvalue weighted by Crippen LogP contribution is -2.28. The predicted molar refractivity (Wildman–Crippen MR) is 192 cm³/mol. The van der Waals surface area contributed by atoms with Gasteiger partial charge in [-0.25, -0.2) is 4.57 Å². The highest BCUT2D eigenvalue weighted by Gasteiger charge is 2.25. The van der Waals surface area contributed by atoms with E-state index >= 15 is 0 Å². The average molecular weight is 674 g/mol. The number of phosphoric ester groups is 1. The number of phosphoric acid groups is 1. The zero-order valence-corrected chi connectivity index (χ0v) is 30.7. The maximum atomic E-state index is 12.5. The third-order valence-corrected chi connectivity index (χ3v) is 8.84. The molecule has 0 bridgehead atoms. The van der Waals surface area contributed by atoms with Crippen LogP contribution in [0.5, 0.6) is 0 Å². The number of hydrogen-bond acceptors (Lipinski definition) is 7. The first-order valence-corrected chi connectivity index (χ1v) is 20.3. The summed E-state index contributed by atoms with van der Waals surface area (Å²) in [5.41, 5.74) is 5.35. The Morgan fingerprint density at radius 3 is 1.78 bits per heavy atom. The van der Waals surface area contributed by atoms with Gasteiger partial charge in [-0.3, -0.25) is 13.8 Å². The van der Waals surface area contributed by atoms with Crippen molar-refractivity contribution in [2.24, 2.45) is 5.73 Å². The van der Waals surface area contributed by atoms with Crippen LogP contribution >= 0.6 is 7.82 Å². The summed E-state index contributed by atoms with van der Waals surface area (Å²) in [4.78, 5) is 22.3. The fraction of sp³-hybridized carbons (Fsp3) is 0.865. The second-order valence-corrected chi connectivity index (χ2v) is 13.9. The van der Waals surface area contributed by atoms with Gasteiger partial charge < -0.3 is 20.1 Å². The molecule has 2 unspecified atom stereocenters. The van der Waals surface area contributed by atoms with Crippen LogP contribution in [-0.2, 0) is 27.9 Å². The number of rotatable bonds is 36. The molecule has 0 aliphatic carbocycles. The van der Waals surface area contributed by atoms with Crippen LogP contribution in [0.3, 0.4) is 0 Å². The number of esters is 1. The van der Waals surface area contributed by atoms with Gasteiger partial charge >= 0.3 is 13.8 Å². The molecule has 2 atom stereocenters. The van der Waals surface area contributed by atoms with E-state index in [0.29, 0.717) is 13.0 Å². The molecule has 0 heterocycles. The Labute approximate surface area is 283 Å². The van der Waals surface area contributed by atoms with Gasteiger partial charge in [0.05, 0.1) is 19.8 Å². The van der Waals surface area contributed by atoms with Gasteiger partial charge in [-0.05, 0) is 38.5 Å². The molecule has 0 aromatic carbocycles. The van der Waals surface area contributed by atoms with E-state index in [1.807, 2.05) is 0 Å². The quantitative estimate of drug-likeness (QED) is 0.0292. The van der Waals surface area contributed by atoms with Crippen molar-refractivity contribution in [2.45, 2.75) is 174 Å². The normalized spacial score (nSPS) is 13.9. The predicted octanol–water partition coefficient (Wildman–Crippen LogP) is 10.5. The maximum absolute atomic E-state index is 12.5. The van der Waals surface area contributed by atoms with Gasteiger partial charge in [0.15, 0.2) is 0 Å².